The molecule has 36 heavy (non-hydrogen) atoms. The van der Waals surface area contributed by atoms with Crippen LogP contribution in [0.2, 0.25) is 0 Å². The van der Waals surface area contributed by atoms with Crippen molar-refractivity contribution >= 4 is 17.5 Å². The standard InChI is InChI=1S/C28H32N2O6/c1-18-10-5-8-13-21(18)30(28(32)22-14-9-15-36-22)25(27(31)29-20-11-6-7-12-20)19-16-23(33-2)26(35-4)24(17-19)34-3/h5,8-10,13-17,20,25H,6-7,11-12H2,1-4H3,(H,29,31). The summed E-state index contributed by atoms with van der Waals surface area (Å²) in [4.78, 5) is 29.4. The Morgan fingerprint density at radius 1 is 0.972 bits per heavy atom. The van der Waals surface area contributed by atoms with Crippen molar-refractivity contribution < 1.29 is 28.2 Å². The molecule has 4 rings (SSSR count). The Kier molecular flexibility index (Phi) is 7.83. The van der Waals surface area contributed by atoms with Crippen molar-refractivity contribution in [2.24, 2.45) is 0 Å². The molecule has 3 aromatic rings. The molecule has 1 N–H and O–H groups in total. The van der Waals surface area contributed by atoms with E-state index in [-0.39, 0.29) is 17.7 Å². The van der Waals surface area contributed by atoms with Gasteiger partial charge in [0.05, 0.1) is 27.6 Å². The number of para-hydroxylation sites is 1. The number of anilines is 1. The number of rotatable bonds is 9. The number of amides is 2. The summed E-state index contributed by atoms with van der Waals surface area (Å²) in [5.41, 5.74) is 1.95. The van der Waals surface area contributed by atoms with Crippen molar-refractivity contribution in [3.05, 3.63) is 71.7 Å². The maximum absolute atomic E-state index is 14.0. The summed E-state index contributed by atoms with van der Waals surface area (Å²) in [6.45, 7) is 1.90. The zero-order valence-electron chi connectivity index (χ0n) is 21.1. The molecular formula is C28H32N2O6. The first-order valence-corrected chi connectivity index (χ1v) is 12.0. The molecule has 0 saturated heterocycles. The third-order valence-corrected chi connectivity index (χ3v) is 6.54. The van der Waals surface area contributed by atoms with Crippen LogP contribution in [0.3, 0.4) is 0 Å². The van der Waals surface area contributed by atoms with Gasteiger partial charge in [-0.25, -0.2) is 0 Å². The fourth-order valence-electron chi connectivity index (χ4n) is 4.75. The molecule has 2 amide bonds. The minimum atomic E-state index is -1.03. The number of furan rings is 1. The SMILES string of the molecule is COc1cc(C(C(=O)NC2CCCC2)N(C(=O)c2ccco2)c2ccccc2C)cc(OC)c1OC. The highest BCUT2D eigenvalue weighted by atomic mass is 16.5. The van der Waals surface area contributed by atoms with Gasteiger partial charge in [0.15, 0.2) is 17.3 Å². The van der Waals surface area contributed by atoms with Crippen LogP contribution < -0.4 is 24.4 Å². The third kappa shape index (κ3) is 5.03. The van der Waals surface area contributed by atoms with Crippen LogP contribution >= 0.6 is 0 Å². The van der Waals surface area contributed by atoms with E-state index >= 15 is 0 Å². The predicted octanol–water partition coefficient (Wildman–Crippen LogP) is 5.06. The predicted molar refractivity (Wildman–Crippen MR) is 136 cm³/mol. The minimum absolute atomic E-state index is 0.0551. The van der Waals surface area contributed by atoms with Gasteiger partial charge in [-0.2, -0.15) is 0 Å². The van der Waals surface area contributed by atoms with E-state index in [0.29, 0.717) is 28.5 Å². The maximum atomic E-state index is 14.0. The first-order valence-electron chi connectivity index (χ1n) is 12.0. The topological polar surface area (TPSA) is 90.2 Å². The summed E-state index contributed by atoms with van der Waals surface area (Å²) >= 11 is 0. The molecule has 1 saturated carbocycles. The number of aryl methyl sites for hydroxylation is 1. The Balaban J connectivity index is 1.92. The van der Waals surface area contributed by atoms with Gasteiger partial charge in [0.1, 0.15) is 6.04 Å². The van der Waals surface area contributed by atoms with E-state index in [1.54, 1.807) is 24.3 Å². The Labute approximate surface area is 211 Å². The van der Waals surface area contributed by atoms with Crippen molar-refractivity contribution in [1.82, 2.24) is 5.32 Å². The molecule has 0 radical (unpaired) electrons. The number of carbonyl (C=O) groups is 2. The molecule has 0 spiro atoms. The number of carbonyl (C=O) groups excluding carboxylic acids is 2. The van der Waals surface area contributed by atoms with Crippen LogP contribution in [0.15, 0.2) is 59.2 Å². The second-order valence-electron chi connectivity index (χ2n) is 8.79. The van der Waals surface area contributed by atoms with Crippen LogP contribution in [0.4, 0.5) is 5.69 Å². The summed E-state index contributed by atoms with van der Waals surface area (Å²) in [6, 6.07) is 13.1. The number of benzene rings is 2. The van der Waals surface area contributed by atoms with E-state index in [0.717, 1.165) is 31.2 Å². The Morgan fingerprint density at radius 2 is 1.64 bits per heavy atom. The van der Waals surface area contributed by atoms with Crippen LogP contribution in [0.1, 0.15) is 53.4 Å². The molecule has 2 aromatic carbocycles. The van der Waals surface area contributed by atoms with Gasteiger partial charge in [0.25, 0.3) is 5.91 Å². The zero-order chi connectivity index (χ0) is 25.7. The van der Waals surface area contributed by atoms with Crippen LogP contribution in [-0.4, -0.2) is 39.2 Å². The normalized spacial score (nSPS) is 14.2. The largest absolute Gasteiger partial charge is 0.493 e. The number of nitrogens with one attached hydrogen (secondary N) is 1. The zero-order valence-corrected chi connectivity index (χ0v) is 21.1. The van der Waals surface area contributed by atoms with Crippen molar-refractivity contribution in [2.75, 3.05) is 26.2 Å². The van der Waals surface area contributed by atoms with E-state index in [1.165, 1.54) is 32.5 Å². The first kappa shape index (κ1) is 25.2. The van der Waals surface area contributed by atoms with E-state index in [4.69, 9.17) is 18.6 Å². The lowest BCUT2D eigenvalue weighted by Gasteiger charge is -2.33. The second kappa shape index (κ2) is 11.2. The molecule has 8 nitrogen and oxygen atoms in total. The first-order chi connectivity index (χ1) is 17.5. The van der Waals surface area contributed by atoms with Gasteiger partial charge in [-0.05, 0) is 61.2 Å². The molecular weight excluding hydrogens is 460 g/mol. The summed E-state index contributed by atoms with van der Waals surface area (Å²) in [5, 5.41) is 3.17. The lowest BCUT2D eigenvalue weighted by Crippen LogP contribution is -2.46. The van der Waals surface area contributed by atoms with Gasteiger partial charge in [-0.3, -0.25) is 14.5 Å². The lowest BCUT2D eigenvalue weighted by atomic mass is 9.99. The number of hydrogen-bond acceptors (Lipinski definition) is 6. The molecule has 190 valence electrons. The van der Waals surface area contributed by atoms with Gasteiger partial charge in [0.2, 0.25) is 11.7 Å². The van der Waals surface area contributed by atoms with Crippen LogP contribution in [-0.2, 0) is 4.79 Å². The van der Waals surface area contributed by atoms with E-state index in [9.17, 15) is 9.59 Å². The average Bonchev–Trinajstić information content (AvgIpc) is 3.61. The number of ether oxygens (including phenoxy) is 3. The van der Waals surface area contributed by atoms with Gasteiger partial charge < -0.3 is 23.9 Å². The highest BCUT2D eigenvalue weighted by Gasteiger charge is 2.37. The van der Waals surface area contributed by atoms with Crippen LogP contribution in [0.5, 0.6) is 17.2 Å². The quantitative estimate of drug-likeness (QED) is 0.449. The molecule has 1 heterocycles. The number of nitrogens with zero attached hydrogens (tertiary/aromatic N) is 1. The van der Waals surface area contributed by atoms with Crippen LogP contribution in [0.25, 0.3) is 0 Å². The van der Waals surface area contributed by atoms with Crippen molar-refractivity contribution in [2.45, 2.75) is 44.7 Å². The van der Waals surface area contributed by atoms with Crippen molar-refractivity contribution in [3.63, 3.8) is 0 Å². The molecule has 8 heteroatoms. The van der Waals surface area contributed by atoms with Crippen molar-refractivity contribution in [1.29, 1.82) is 0 Å². The maximum Gasteiger partial charge on any atom is 0.294 e. The Hall–Kier alpha value is -3.94. The summed E-state index contributed by atoms with van der Waals surface area (Å²) < 4.78 is 22.1. The van der Waals surface area contributed by atoms with Crippen LogP contribution in [0, 0.1) is 6.92 Å². The number of methoxy groups -OCH3 is 3. The fourth-order valence-corrected chi connectivity index (χ4v) is 4.75. The fraction of sp³-hybridized carbons (Fsp3) is 0.357. The third-order valence-electron chi connectivity index (χ3n) is 6.54. The molecule has 0 aliphatic heterocycles. The highest BCUT2D eigenvalue weighted by molar-refractivity contribution is 6.09. The van der Waals surface area contributed by atoms with Gasteiger partial charge in [-0.15, -0.1) is 0 Å². The highest BCUT2D eigenvalue weighted by Crippen LogP contribution is 2.42. The van der Waals surface area contributed by atoms with E-state index < -0.39 is 11.9 Å². The lowest BCUT2D eigenvalue weighted by molar-refractivity contribution is -0.123. The van der Waals surface area contributed by atoms with Gasteiger partial charge >= 0.3 is 0 Å². The molecule has 1 aromatic heterocycles. The van der Waals surface area contributed by atoms with Gasteiger partial charge in [-0.1, -0.05) is 31.0 Å². The Bertz CT molecular complexity index is 1180. The smallest absolute Gasteiger partial charge is 0.294 e. The molecule has 0 bridgehead atoms. The summed E-state index contributed by atoms with van der Waals surface area (Å²) in [7, 11) is 4.55. The van der Waals surface area contributed by atoms with E-state index in [1.807, 2.05) is 31.2 Å². The second-order valence-corrected chi connectivity index (χ2v) is 8.79. The summed E-state index contributed by atoms with van der Waals surface area (Å²) in [5.74, 6) is 0.582. The Morgan fingerprint density at radius 3 is 2.19 bits per heavy atom. The molecule has 1 unspecified atom stereocenters. The van der Waals surface area contributed by atoms with Gasteiger partial charge in [0, 0.05) is 11.7 Å². The molecule has 1 aliphatic carbocycles. The summed E-state index contributed by atoms with van der Waals surface area (Å²) in [6.07, 6.45) is 5.38. The molecule has 1 atom stereocenters. The molecule has 1 fully saturated rings. The number of hydrogen-bond donors (Lipinski definition) is 1. The average molecular weight is 493 g/mol. The minimum Gasteiger partial charge on any atom is -0.493 e. The molecule has 1 aliphatic rings. The monoisotopic (exact) mass is 492 g/mol. The van der Waals surface area contributed by atoms with Crippen molar-refractivity contribution in [3.8, 4) is 17.2 Å². The van der Waals surface area contributed by atoms with E-state index in [2.05, 4.69) is 5.32 Å².